The van der Waals surface area contributed by atoms with Gasteiger partial charge in [0.2, 0.25) is 12.2 Å². The van der Waals surface area contributed by atoms with E-state index in [9.17, 15) is 29.4 Å². The minimum atomic E-state index is -2.22. The highest BCUT2D eigenvalue weighted by Gasteiger charge is 2.40. The summed E-state index contributed by atoms with van der Waals surface area (Å²) in [7, 11) is 2.95. The number of hydrogen-bond acceptors (Lipinski definition) is 8. The zero-order valence-electron chi connectivity index (χ0n) is 17.3. The van der Waals surface area contributed by atoms with Crippen LogP contribution in [0.15, 0.2) is 48.5 Å². The number of ether oxygens (including phenoxy) is 4. The molecule has 0 aliphatic heterocycles. The Labute approximate surface area is 183 Å². The number of aliphatic carboxylic acids is 2. The fourth-order valence-corrected chi connectivity index (χ4v) is 2.67. The van der Waals surface area contributed by atoms with Crippen LogP contribution in [0.1, 0.15) is 11.1 Å². The average molecular weight is 446 g/mol. The molecule has 0 amide bonds. The summed E-state index contributed by atoms with van der Waals surface area (Å²) in [5.74, 6) is -4.42. The monoisotopic (exact) mass is 446 g/mol. The lowest BCUT2D eigenvalue weighted by molar-refractivity contribution is -0.187. The molecule has 0 spiro atoms. The maximum absolute atomic E-state index is 12.2. The van der Waals surface area contributed by atoms with Gasteiger partial charge in [-0.3, -0.25) is 9.59 Å². The summed E-state index contributed by atoms with van der Waals surface area (Å²) in [5, 5.41) is 18.7. The standard InChI is InChI=1S/C22H22O10/c1-29-15-7-3-13(4-8-15)11-17(23)31-19(21(25)26)20(22(27)28)32-18(24)12-14-5-9-16(30-2)10-6-14/h3-10,19-20H,11-12H2,1-2H3,(H,25,26)(H,27,28)/t19-,20-/m1/s1. The second-order valence-electron chi connectivity index (χ2n) is 6.55. The molecule has 10 heteroatoms. The molecule has 0 radical (unpaired) electrons. The first-order chi connectivity index (χ1) is 15.2. The number of hydrogen-bond donors (Lipinski definition) is 2. The first kappa shape index (κ1) is 24.2. The average Bonchev–Trinajstić information content (AvgIpc) is 2.76. The second kappa shape index (κ2) is 11.3. The van der Waals surface area contributed by atoms with Crippen molar-refractivity contribution in [1.82, 2.24) is 0 Å². The summed E-state index contributed by atoms with van der Waals surface area (Å²) >= 11 is 0. The number of carboxylic acids is 2. The third kappa shape index (κ3) is 7.01. The molecule has 0 saturated heterocycles. The Morgan fingerprint density at radius 3 is 1.22 bits per heavy atom. The van der Waals surface area contributed by atoms with Crippen LogP contribution in [0.2, 0.25) is 0 Å². The lowest BCUT2D eigenvalue weighted by atomic mass is 10.1. The van der Waals surface area contributed by atoms with Crippen molar-refractivity contribution in [2.75, 3.05) is 14.2 Å². The highest BCUT2D eigenvalue weighted by Crippen LogP contribution is 2.15. The van der Waals surface area contributed by atoms with E-state index in [-0.39, 0.29) is 12.8 Å². The van der Waals surface area contributed by atoms with Crippen LogP contribution >= 0.6 is 0 Å². The molecule has 2 aromatic rings. The van der Waals surface area contributed by atoms with Crippen LogP contribution in [0.5, 0.6) is 11.5 Å². The van der Waals surface area contributed by atoms with Gasteiger partial charge in [-0.15, -0.1) is 0 Å². The molecule has 170 valence electrons. The van der Waals surface area contributed by atoms with E-state index in [1.54, 1.807) is 48.5 Å². The first-order valence-electron chi connectivity index (χ1n) is 9.34. The Hall–Kier alpha value is -4.08. The third-order valence-corrected chi connectivity index (χ3v) is 4.29. The van der Waals surface area contributed by atoms with Crippen LogP contribution < -0.4 is 9.47 Å². The van der Waals surface area contributed by atoms with Crippen molar-refractivity contribution in [3.63, 3.8) is 0 Å². The van der Waals surface area contributed by atoms with E-state index in [0.29, 0.717) is 22.6 Å². The summed E-state index contributed by atoms with van der Waals surface area (Å²) in [4.78, 5) is 47.5. The van der Waals surface area contributed by atoms with Crippen LogP contribution in [0.3, 0.4) is 0 Å². The van der Waals surface area contributed by atoms with Crippen LogP contribution in [0, 0.1) is 0 Å². The molecular formula is C22H22O10. The third-order valence-electron chi connectivity index (χ3n) is 4.29. The van der Waals surface area contributed by atoms with Crippen LogP contribution in [-0.2, 0) is 41.5 Å². The lowest BCUT2D eigenvalue weighted by Gasteiger charge is -2.21. The number of esters is 2. The van der Waals surface area contributed by atoms with Gasteiger partial charge in [-0.2, -0.15) is 0 Å². The predicted molar refractivity (Wildman–Crippen MR) is 108 cm³/mol. The van der Waals surface area contributed by atoms with E-state index >= 15 is 0 Å². The van der Waals surface area contributed by atoms with Gasteiger partial charge in [-0.25, -0.2) is 9.59 Å². The smallest absolute Gasteiger partial charge is 0.349 e. The maximum atomic E-state index is 12.2. The molecule has 2 aromatic carbocycles. The van der Waals surface area contributed by atoms with E-state index in [4.69, 9.17) is 18.9 Å². The van der Waals surface area contributed by atoms with Gasteiger partial charge < -0.3 is 29.2 Å². The van der Waals surface area contributed by atoms with Crippen LogP contribution in [-0.4, -0.2) is 60.5 Å². The van der Waals surface area contributed by atoms with Gasteiger partial charge in [0.25, 0.3) is 0 Å². The second-order valence-corrected chi connectivity index (χ2v) is 6.55. The van der Waals surface area contributed by atoms with Gasteiger partial charge in [0.15, 0.2) is 0 Å². The molecule has 0 aliphatic rings. The van der Waals surface area contributed by atoms with E-state index in [1.807, 2.05) is 0 Å². The number of rotatable bonds is 11. The van der Waals surface area contributed by atoms with Crippen molar-refractivity contribution < 1.29 is 48.3 Å². The molecule has 0 fully saturated rings. The Morgan fingerprint density at radius 1 is 0.656 bits per heavy atom. The number of carbonyl (C=O) groups excluding carboxylic acids is 2. The molecule has 0 aliphatic carbocycles. The molecule has 0 saturated carbocycles. The lowest BCUT2D eigenvalue weighted by Crippen LogP contribution is -2.46. The quantitative estimate of drug-likeness (QED) is 0.487. The molecule has 0 unspecified atom stereocenters. The summed E-state index contributed by atoms with van der Waals surface area (Å²) in [6, 6.07) is 12.7. The van der Waals surface area contributed by atoms with Crippen molar-refractivity contribution in [3.8, 4) is 11.5 Å². The van der Waals surface area contributed by atoms with Crippen LogP contribution in [0.4, 0.5) is 0 Å². The molecule has 32 heavy (non-hydrogen) atoms. The SMILES string of the molecule is COc1ccc(CC(=O)O[C@@H](C(=O)O)[C@@H](OC(=O)Cc2ccc(OC)cc2)C(=O)O)cc1. The highest BCUT2D eigenvalue weighted by atomic mass is 16.6. The van der Waals surface area contributed by atoms with Crippen molar-refractivity contribution in [3.05, 3.63) is 59.7 Å². The zero-order valence-corrected chi connectivity index (χ0v) is 17.3. The van der Waals surface area contributed by atoms with Crippen molar-refractivity contribution in [2.45, 2.75) is 25.0 Å². The Kier molecular flexibility index (Phi) is 8.58. The zero-order chi connectivity index (χ0) is 23.7. The predicted octanol–water partition coefficient (Wildman–Crippen LogP) is 1.48. The topological polar surface area (TPSA) is 146 Å². The van der Waals surface area contributed by atoms with Gasteiger partial charge in [0, 0.05) is 0 Å². The number of carbonyl (C=O) groups is 4. The fraction of sp³-hybridized carbons (Fsp3) is 0.273. The largest absolute Gasteiger partial charge is 0.497 e. The number of methoxy groups -OCH3 is 2. The minimum absolute atomic E-state index is 0.320. The van der Waals surface area contributed by atoms with Crippen LogP contribution in [0.25, 0.3) is 0 Å². The van der Waals surface area contributed by atoms with Gasteiger partial charge in [-0.05, 0) is 35.4 Å². The van der Waals surface area contributed by atoms with E-state index < -0.39 is 36.1 Å². The highest BCUT2D eigenvalue weighted by molar-refractivity contribution is 5.88. The summed E-state index contributed by atoms with van der Waals surface area (Å²) in [6.07, 6.45) is -5.09. The molecule has 0 aromatic heterocycles. The van der Waals surface area contributed by atoms with Gasteiger partial charge in [-0.1, -0.05) is 24.3 Å². The summed E-state index contributed by atoms with van der Waals surface area (Å²) in [5.41, 5.74) is 0.978. The van der Waals surface area contributed by atoms with Gasteiger partial charge >= 0.3 is 23.9 Å². The normalized spacial score (nSPS) is 12.2. The molecule has 0 bridgehead atoms. The van der Waals surface area contributed by atoms with Crippen molar-refractivity contribution in [2.24, 2.45) is 0 Å². The Bertz CT molecular complexity index is 870. The van der Waals surface area contributed by atoms with Gasteiger partial charge in [0.05, 0.1) is 27.1 Å². The molecule has 10 nitrogen and oxygen atoms in total. The number of benzene rings is 2. The van der Waals surface area contributed by atoms with E-state index in [1.165, 1.54) is 14.2 Å². The summed E-state index contributed by atoms with van der Waals surface area (Å²) < 4.78 is 19.7. The summed E-state index contributed by atoms with van der Waals surface area (Å²) in [6.45, 7) is 0. The molecule has 0 heterocycles. The van der Waals surface area contributed by atoms with E-state index in [0.717, 1.165) is 0 Å². The molecule has 2 atom stereocenters. The molecule has 2 rings (SSSR count). The number of carboxylic acid groups (broad SMARTS) is 2. The van der Waals surface area contributed by atoms with Crippen molar-refractivity contribution >= 4 is 23.9 Å². The Balaban J connectivity index is 2.05. The van der Waals surface area contributed by atoms with E-state index in [2.05, 4.69) is 0 Å². The van der Waals surface area contributed by atoms with Crippen molar-refractivity contribution in [1.29, 1.82) is 0 Å². The maximum Gasteiger partial charge on any atom is 0.349 e. The fourth-order valence-electron chi connectivity index (χ4n) is 2.67. The minimum Gasteiger partial charge on any atom is -0.497 e. The molecular weight excluding hydrogens is 424 g/mol. The molecule has 2 N–H and O–H groups in total. The first-order valence-corrected chi connectivity index (χ1v) is 9.34. The van der Waals surface area contributed by atoms with Gasteiger partial charge in [0.1, 0.15) is 11.5 Å². The Morgan fingerprint density at radius 2 is 0.969 bits per heavy atom.